The summed E-state index contributed by atoms with van der Waals surface area (Å²) in [4.78, 5) is 14.5. The van der Waals surface area contributed by atoms with Crippen LogP contribution in [0.3, 0.4) is 0 Å². The van der Waals surface area contributed by atoms with Crippen LogP contribution >= 0.6 is 0 Å². The Morgan fingerprint density at radius 2 is 1.90 bits per heavy atom. The van der Waals surface area contributed by atoms with Crippen molar-refractivity contribution in [1.29, 1.82) is 0 Å². The third kappa shape index (κ3) is 2.82. The van der Waals surface area contributed by atoms with Gasteiger partial charge in [0.1, 0.15) is 0 Å². The second-order valence-electron chi connectivity index (χ2n) is 5.54. The Morgan fingerprint density at radius 1 is 1.19 bits per heavy atom. The summed E-state index contributed by atoms with van der Waals surface area (Å²) >= 11 is 0. The van der Waals surface area contributed by atoms with Crippen LogP contribution in [0.25, 0.3) is 0 Å². The highest BCUT2D eigenvalue weighted by atomic mass is 16.4. The number of aryl methyl sites for hydroxylation is 2. The maximum absolute atomic E-state index is 12.5. The Morgan fingerprint density at radius 3 is 2.52 bits per heavy atom. The number of hydrogen-bond acceptors (Lipinski definition) is 4. The number of carbonyl (C=O) groups is 1. The lowest BCUT2D eigenvalue weighted by Gasteiger charge is -2.30. The molecule has 3 rings (SSSR count). The first kappa shape index (κ1) is 13.8. The molecule has 1 aromatic heterocycles. The zero-order valence-corrected chi connectivity index (χ0v) is 12.4. The molecule has 1 fully saturated rings. The minimum absolute atomic E-state index is 0.119. The van der Waals surface area contributed by atoms with E-state index in [1.54, 1.807) is 6.92 Å². The van der Waals surface area contributed by atoms with Crippen LogP contribution in [0.1, 0.15) is 46.5 Å². The minimum Gasteiger partial charge on any atom is -0.425 e. The van der Waals surface area contributed by atoms with E-state index < -0.39 is 0 Å². The monoisotopic (exact) mass is 285 g/mol. The van der Waals surface area contributed by atoms with Crippen molar-refractivity contribution >= 4 is 5.91 Å². The Bertz CT molecular complexity index is 642. The van der Waals surface area contributed by atoms with Crippen molar-refractivity contribution in [1.82, 2.24) is 15.1 Å². The number of likely N-dealkylation sites (tertiary alicyclic amines) is 1. The molecule has 2 aromatic rings. The molecule has 0 saturated carbocycles. The molecular formula is C16H19N3O2. The molecule has 0 spiro atoms. The molecule has 0 N–H and O–H groups in total. The van der Waals surface area contributed by atoms with Crippen molar-refractivity contribution in [3.8, 4) is 0 Å². The van der Waals surface area contributed by atoms with Gasteiger partial charge in [-0.2, -0.15) is 0 Å². The summed E-state index contributed by atoms with van der Waals surface area (Å²) in [6, 6.07) is 7.73. The SMILES string of the molecule is Cc1nnc(C2CCN(C(=O)c3ccccc3C)CC2)o1. The van der Waals surface area contributed by atoms with Crippen molar-refractivity contribution in [3.05, 3.63) is 47.2 Å². The maximum Gasteiger partial charge on any atom is 0.254 e. The van der Waals surface area contributed by atoms with E-state index in [2.05, 4.69) is 10.2 Å². The van der Waals surface area contributed by atoms with Gasteiger partial charge >= 0.3 is 0 Å². The predicted octanol–water partition coefficient (Wildman–Crippen LogP) is 2.71. The first-order chi connectivity index (χ1) is 10.1. The lowest BCUT2D eigenvalue weighted by atomic mass is 9.96. The lowest BCUT2D eigenvalue weighted by Crippen LogP contribution is -2.38. The van der Waals surface area contributed by atoms with E-state index in [0.29, 0.717) is 11.8 Å². The fraction of sp³-hybridized carbons (Fsp3) is 0.438. The molecule has 1 aliphatic rings. The number of rotatable bonds is 2. The number of piperidine rings is 1. The highest BCUT2D eigenvalue weighted by molar-refractivity contribution is 5.95. The molecule has 5 nitrogen and oxygen atoms in total. The third-order valence-corrected chi connectivity index (χ3v) is 4.05. The molecule has 5 heteroatoms. The molecule has 21 heavy (non-hydrogen) atoms. The molecule has 1 saturated heterocycles. The highest BCUT2D eigenvalue weighted by Crippen LogP contribution is 2.27. The Hall–Kier alpha value is -2.17. The van der Waals surface area contributed by atoms with Crippen LogP contribution in [0.2, 0.25) is 0 Å². The summed E-state index contributed by atoms with van der Waals surface area (Å²) < 4.78 is 5.50. The number of carbonyl (C=O) groups excluding carboxylic acids is 1. The summed E-state index contributed by atoms with van der Waals surface area (Å²) in [6.45, 7) is 5.24. The summed E-state index contributed by atoms with van der Waals surface area (Å²) in [6.07, 6.45) is 1.75. The van der Waals surface area contributed by atoms with Gasteiger partial charge in [0.05, 0.1) is 0 Å². The smallest absolute Gasteiger partial charge is 0.254 e. The lowest BCUT2D eigenvalue weighted by molar-refractivity contribution is 0.0705. The van der Waals surface area contributed by atoms with Gasteiger partial charge in [-0.15, -0.1) is 10.2 Å². The van der Waals surface area contributed by atoms with E-state index in [-0.39, 0.29) is 11.8 Å². The number of nitrogens with zero attached hydrogens (tertiary/aromatic N) is 3. The standard InChI is InChI=1S/C16H19N3O2/c1-11-5-3-4-6-14(11)16(20)19-9-7-13(8-10-19)15-18-17-12(2)21-15/h3-6,13H,7-10H2,1-2H3. The van der Waals surface area contributed by atoms with Gasteiger partial charge in [0.15, 0.2) is 0 Å². The Balaban J connectivity index is 1.66. The van der Waals surface area contributed by atoms with Crippen LogP contribution in [0.15, 0.2) is 28.7 Å². The van der Waals surface area contributed by atoms with Crippen LogP contribution in [0.4, 0.5) is 0 Å². The molecule has 110 valence electrons. The fourth-order valence-corrected chi connectivity index (χ4v) is 2.79. The van der Waals surface area contributed by atoms with Gasteiger partial charge in [-0.05, 0) is 31.4 Å². The first-order valence-electron chi connectivity index (χ1n) is 7.30. The van der Waals surface area contributed by atoms with Gasteiger partial charge in [-0.25, -0.2) is 0 Å². The molecular weight excluding hydrogens is 266 g/mol. The second-order valence-corrected chi connectivity index (χ2v) is 5.54. The quantitative estimate of drug-likeness (QED) is 0.851. The Labute approximate surface area is 124 Å². The molecule has 0 atom stereocenters. The van der Waals surface area contributed by atoms with Gasteiger partial charge in [0.2, 0.25) is 11.8 Å². The summed E-state index contributed by atoms with van der Waals surface area (Å²) in [7, 11) is 0. The summed E-state index contributed by atoms with van der Waals surface area (Å²) in [5, 5.41) is 7.97. The van der Waals surface area contributed by atoms with Crippen molar-refractivity contribution in [2.75, 3.05) is 13.1 Å². The van der Waals surface area contributed by atoms with E-state index in [4.69, 9.17) is 4.42 Å². The van der Waals surface area contributed by atoms with Crippen molar-refractivity contribution in [3.63, 3.8) is 0 Å². The largest absolute Gasteiger partial charge is 0.425 e. The molecule has 0 unspecified atom stereocenters. The van der Waals surface area contributed by atoms with Crippen molar-refractivity contribution in [2.45, 2.75) is 32.6 Å². The van der Waals surface area contributed by atoms with E-state index >= 15 is 0 Å². The second kappa shape index (κ2) is 5.68. The molecule has 0 aliphatic carbocycles. The summed E-state index contributed by atoms with van der Waals surface area (Å²) in [5.41, 5.74) is 1.82. The number of benzene rings is 1. The van der Waals surface area contributed by atoms with Crippen LogP contribution in [0, 0.1) is 13.8 Å². The highest BCUT2D eigenvalue weighted by Gasteiger charge is 2.27. The normalized spacial score (nSPS) is 16.2. The van der Waals surface area contributed by atoms with E-state index in [1.807, 2.05) is 36.1 Å². The molecule has 1 aromatic carbocycles. The number of hydrogen-bond donors (Lipinski definition) is 0. The third-order valence-electron chi connectivity index (χ3n) is 4.05. The molecule has 1 amide bonds. The van der Waals surface area contributed by atoms with Crippen LogP contribution in [0.5, 0.6) is 0 Å². The molecule has 1 aliphatic heterocycles. The van der Waals surface area contributed by atoms with Gasteiger partial charge in [0.25, 0.3) is 5.91 Å². The van der Waals surface area contributed by atoms with Gasteiger partial charge < -0.3 is 9.32 Å². The topological polar surface area (TPSA) is 59.2 Å². The van der Waals surface area contributed by atoms with Crippen LogP contribution in [-0.2, 0) is 0 Å². The Kier molecular flexibility index (Phi) is 3.73. The van der Waals surface area contributed by atoms with Gasteiger partial charge in [-0.3, -0.25) is 4.79 Å². The van der Waals surface area contributed by atoms with E-state index in [9.17, 15) is 4.79 Å². The van der Waals surface area contributed by atoms with Crippen molar-refractivity contribution in [2.24, 2.45) is 0 Å². The average molecular weight is 285 g/mol. The number of aromatic nitrogens is 2. The zero-order valence-electron chi connectivity index (χ0n) is 12.4. The van der Waals surface area contributed by atoms with Crippen molar-refractivity contribution < 1.29 is 9.21 Å². The molecule has 2 heterocycles. The van der Waals surface area contributed by atoms with E-state index in [1.165, 1.54) is 0 Å². The first-order valence-corrected chi connectivity index (χ1v) is 7.30. The van der Waals surface area contributed by atoms with Crippen LogP contribution < -0.4 is 0 Å². The predicted molar refractivity (Wildman–Crippen MR) is 78.1 cm³/mol. The number of amides is 1. The van der Waals surface area contributed by atoms with Crippen LogP contribution in [-0.4, -0.2) is 34.1 Å². The minimum atomic E-state index is 0.119. The van der Waals surface area contributed by atoms with E-state index in [0.717, 1.165) is 37.1 Å². The maximum atomic E-state index is 12.5. The van der Waals surface area contributed by atoms with Gasteiger partial charge in [0, 0.05) is 31.5 Å². The molecule has 0 bridgehead atoms. The molecule has 0 radical (unpaired) electrons. The van der Waals surface area contributed by atoms with Gasteiger partial charge in [-0.1, -0.05) is 18.2 Å². The zero-order chi connectivity index (χ0) is 14.8. The summed E-state index contributed by atoms with van der Waals surface area (Å²) in [5.74, 6) is 1.69. The average Bonchev–Trinajstić information content (AvgIpc) is 2.94. The fourth-order valence-electron chi connectivity index (χ4n) is 2.79.